The predicted octanol–water partition coefficient (Wildman–Crippen LogP) is 10.1. The topological polar surface area (TPSA) is 14.2 Å². The van der Waals surface area contributed by atoms with Gasteiger partial charge in [-0.3, -0.25) is 0 Å². The minimum atomic E-state index is 0.651. The van der Waals surface area contributed by atoms with E-state index in [-0.39, 0.29) is 0 Å². The third-order valence-electron chi connectivity index (χ3n) is 7.91. The minimum absolute atomic E-state index is 0.651. The first-order chi connectivity index (χ1) is 19.8. The van der Waals surface area contributed by atoms with Crippen molar-refractivity contribution in [1.82, 2.24) is 9.13 Å². The molecule has 3 heteroatoms. The highest BCUT2D eigenvalue weighted by molar-refractivity contribution is 6.12. The van der Waals surface area contributed by atoms with Gasteiger partial charge in [0.15, 0.2) is 5.69 Å². The maximum absolute atomic E-state index is 7.60. The van der Waals surface area contributed by atoms with Gasteiger partial charge in [-0.05, 0) is 77.2 Å². The van der Waals surface area contributed by atoms with Crippen molar-refractivity contribution in [3.63, 3.8) is 0 Å². The summed E-state index contributed by atoms with van der Waals surface area (Å²) in [5.41, 5.74) is 9.84. The van der Waals surface area contributed by atoms with Gasteiger partial charge in [-0.2, -0.15) is 0 Å². The van der Waals surface area contributed by atoms with Gasteiger partial charge >= 0.3 is 0 Å². The fraction of sp³-hybridized carbons (Fsp3) is 0. The zero-order valence-corrected chi connectivity index (χ0v) is 21.6. The Morgan fingerprint density at radius 2 is 0.950 bits per heavy atom. The third-order valence-corrected chi connectivity index (χ3v) is 7.91. The Labute approximate surface area is 231 Å². The minimum Gasteiger partial charge on any atom is -0.309 e. The molecule has 0 unspecified atom stereocenters. The second kappa shape index (κ2) is 8.73. The molecule has 3 nitrogen and oxygen atoms in total. The van der Waals surface area contributed by atoms with Crippen LogP contribution in [-0.4, -0.2) is 9.13 Å². The first-order valence-corrected chi connectivity index (χ1v) is 13.4. The summed E-state index contributed by atoms with van der Waals surface area (Å²) in [7, 11) is 0. The number of rotatable bonds is 3. The summed E-state index contributed by atoms with van der Waals surface area (Å²) in [5, 5.41) is 4.75. The standard InChI is InChI=1S/C37H23N3/c1-38-27-19-21-37-33(24-27)32-23-26(18-20-36(32)39(37)28-11-3-2-4-12-28)25-10-9-13-29(22-25)40-34-16-7-5-14-30(34)31-15-6-8-17-35(31)40/h2-24H. The van der Waals surface area contributed by atoms with E-state index in [2.05, 4.69) is 135 Å². The molecule has 0 aliphatic rings. The Morgan fingerprint density at radius 3 is 1.68 bits per heavy atom. The Bertz CT molecular complexity index is 2220. The molecule has 0 fully saturated rings. The van der Waals surface area contributed by atoms with Gasteiger partial charge in [-0.25, -0.2) is 4.85 Å². The lowest BCUT2D eigenvalue weighted by atomic mass is 10.0. The number of para-hydroxylation sites is 3. The molecule has 0 spiro atoms. The number of fused-ring (bicyclic) bond motifs is 6. The Balaban J connectivity index is 1.35. The van der Waals surface area contributed by atoms with Gasteiger partial charge in [0.1, 0.15) is 0 Å². The van der Waals surface area contributed by atoms with E-state index in [1.54, 1.807) is 0 Å². The fourth-order valence-corrected chi connectivity index (χ4v) is 6.14. The summed E-state index contributed by atoms with van der Waals surface area (Å²) in [4.78, 5) is 3.72. The van der Waals surface area contributed by atoms with E-state index < -0.39 is 0 Å². The molecule has 0 atom stereocenters. The van der Waals surface area contributed by atoms with Crippen LogP contribution in [-0.2, 0) is 0 Å². The average molecular weight is 510 g/mol. The SMILES string of the molecule is [C-]#[N+]c1ccc2c(c1)c1cc(-c3cccc(-n4c5ccccc5c5ccccc54)c3)ccc1n2-c1ccccc1. The molecule has 2 heterocycles. The van der Waals surface area contributed by atoms with Crippen molar-refractivity contribution < 1.29 is 0 Å². The van der Waals surface area contributed by atoms with Crippen LogP contribution in [0.3, 0.4) is 0 Å². The van der Waals surface area contributed by atoms with E-state index in [1.807, 2.05) is 18.2 Å². The van der Waals surface area contributed by atoms with E-state index in [1.165, 1.54) is 21.8 Å². The molecule has 2 aromatic heterocycles. The van der Waals surface area contributed by atoms with E-state index in [0.717, 1.165) is 44.3 Å². The van der Waals surface area contributed by atoms with Crippen molar-refractivity contribution >= 4 is 49.3 Å². The van der Waals surface area contributed by atoms with E-state index in [9.17, 15) is 0 Å². The molecule has 0 aliphatic heterocycles. The Morgan fingerprint density at radius 1 is 0.400 bits per heavy atom. The molecule has 6 aromatic carbocycles. The van der Waals surface area contributed by atoms with E-state index in [4.69, 9.17) is 6.57 Å². The fourth-order valence-electron chi connectivity index (χ4n) is 6.14. The van der Waals surface area contributed by atoms with Crippen LogP contribution >= 0.6 is 0 Å². The molecular formula is C37H23N3. The highest BCUT2D eigenvalue weighted by Gasteiger charge is 2.15. The van der Waals surface area contributed by atoms with Crippen LogP contribution in [0.15, 0.2) is 140 Å². The third kappa shape index (κ3) is 3.30. The highest BCUT2D eigenvalue weighted by Crippen LogP contribution is 2.38. The second-order valence-electron chi connectivity index (χ2n) is 10.1. The Kier molecular flexibility index (Phi) is 4.89. The molecule has 8 aromatic rings. The van der Waals surface area contributed by atoms with Crippen molar-refractivity contribution in [3.8, 4) is 22.5 Å². The lowest BCUT2D eigenvalue weighted by Gasteiger charge is -2.11. The number of benzene rings is 6. The van der Waals surface area contributed by atoms with Crippen LogP contribution in [0, 0.1) is 6.57 Å². The van der Waals surface area contributed by atoms with Crippen LogP contribution in [0.4, 0.5) is 5.69 Å². The molecule has 40 heavy (non-hydrogen) atoms. The first kappa shape index (κ1) is 22.4. The summed E-state index contributed by atoms with van der Waals surface area (Å²) in [6.45, 7) is 7.60. The Hall–Kier alpha value is -5.59. The lowest BCUT2D eigenvalue weighted by molar-refractivity contribution is 1.18. The van der Waals surface area contributed by atoms with Gasteiger partial charge in [0, 0.05) is 27.5 Å². The monoisotopic (exact) mass is 509 g/mol. The predicted molar refractivity (Wildman–Crippen MR) is 167 cm³/mol. The molecule has 0 aliphatic carbocycles. The largest absolute Gasteiger partial charge is 0.309 e. The molecular weight excluding hydrogens is 486 g/mol. The summed E-state index contributed by atoms with van der Waals surface area (Å²) in [6.07, 6.45) is 0. The van der Waals surface area contributed by atoms with Gasteiger partial charge in [0.05, 0.1) is 28.6 Å². The highest BCUT2D eigenvalue weighted by atomic mass is 15.0. The number of hydrogen-bond donors (Lipinski definition) is 0. The maximum Gasteiger partial charge on any atom is 0.188 e. The summed E-state index contributed by atoms with van der Waals surface area (Å²) >= 11 is 0. The van der Waals surface area contributed by atoms with Gasteiger partial charge < -0.3 is 9.13 Å². The van der Waals surface area contributed by atoms with E-state index in [0.29, 0.717) is 5.69 Å². The van der Waals surface area contributed by atoms with Crippen LogP contribution in [0.5, 0.6) is 0 Å². The zero-order chi connectivity index (χ0) is 26.6. The van der Waals surface area contributed by atoms with Crippen molar-refractivity contribution in [2.45, 2.75) is 0 Å². The molecule has 0 radical (unpaired) electrons. The van der Waals surface area contributed by atoms with Gasteiger partial charge in [0.2, 0.25) is 0 Å². The molecule has 0 N–H and O–H groups in total. The second-order valence-corrected chi connectivity index (χ2v) is 10.1. The van der Waals surface area contributed by atoms with Crippen molar-refractivity contribution in [1.29, 1.82) is 0 Å². The molecule has 0 saturated carbocycles. The number of aromatic nitrogens is 2. The van der Waals surface area contributed by atoms with Gasteiger partial charge in [-0.15, -0.1) is 0 Å². The van der Waals surface area contributed by atoms with Gasteiger partial charge in [-0.1, -0.05) is 78.9 Å². The summed E-state index contributed by atoms with van der Waals surface area (Å²) in [5.74, 6) is 0. The number of hydrogen-bond acceptors (Lipinski definition) is 0. The lowest BCUT2D eigenvalue weighted by Crippen LogP contribution is -1.94. The molecule has 0 saturated heterocycles. The maximum atomic E-state index is 7.60. The molecule has 8 rings (SSSR count). The smallest absolute Gasteiger partial charge is 0.188 e. The summed E-state index contributed by atoms with van der Waals surface area (Å²) in [6, 6.07) is 49.1. The van der Waals surface area contributed by atoms with Crippen LogP contribution < -0.4 is 0 Å². The quantitative estimate of drug-likeness (QED) is 0.210. The van der Waals surface area contributed by atoms with Crippen molar-refractivity contribution in [3.05, 3.63) is 151 Å². The van der Waals surface area contributed by atoms with Crippen molar-refractivity contribution in [2.75, 3.05) is 0 Å². The average Bonchev–Trinajstić information content (AvgIpc) is 3.53. The van der Waals surface area contributed by atoms with Gasteiger partial charge in [0.25, 0.3) is 0 Å². The zero-order valence-electron chi connectivity index (χ0n) is 21.6. The molecule has 186 valence electrons. The first-order valence-electron chi connectivity index (χ1n) is 13.4. The van der Waals surface area contributed by atoms with Crippen LogP contribution in [0.25, 0.3) is 71.0 Å². The molecule has 0 amide bonds. The van der Waals surface area contributed by atoms with Crippen LogP contribution in [0.1, 0.15) is 0 Å². The van der Waals surface area contributed by atoms with Crippen molar-refractivity contribution in [2.24, 2.45) is 0 Å². The number of nitrogens with zero attached hydrogens (tertiary/aromatic N) is 3. The van der Waals surface area contributed by atoms with Crippen LogP contribution in [0.2, 0.25) is 0 Å². The molecule has 0 bridgehead atoms. The normalized spacial score (nSPS) is 11.5. The van der Waals surface area contributed by atoms with E-state index >= 15 is 0 Å². The summed E-state index contributed by atoms with van der Waals surface area (Å²) < 4.78 is 4.65.